The molecule has 0 bridgehead atoms. The van der Waals surface area contributed by atoms with Gasteiger partial charge < -0.3 is 10.0 Å². The molecule has 1 heterocycles. The van der Waals surface area contributed by atoms with E-state index in [0.717, 1.165) is 6.54 Å². The zero-order chi connectivity index (χ0) is 13.8. The third-order valence-corrected chi connectivity index (χ3v) is 5.64. The van der Waals surface area contributed by atoms with Crippen LogP contribution in [0, 0.1) is 6.92 Å². The maximum Gasteiger partial charge on any atom is 0.242 e. The highest BCUT2D eigenvalue weighted by atomic mass is 32.2. The van der Waals surface area contributed by atoms with E-state index in [1.54, 1.807) is 12.3 Å². The van der Waals surface area contributed by atoms with Crippen LogP contribution in [0.15, 0.2) is 10.3 Å². The number of aliphatic hydroxyl groups excluding tert-OH is 1. The van der Waals surface area contributed by atoms with E-state index in [2.05, 4.69) is 4.72 Å². The molecule has 1 aromatic rings. The number of hydrogen-bond donors (Lipinski definition) is 2. The lowest BCUT2D eigenvalue weighted by atomic mass is 10.3. The van der Waals surface area contributed by atoms with Gasteiger partial charge in [-0.05, 0) is 31.5 Å². The monoisotopic (exact) mass is 292 g/mol. The molecule has 2 N–H and O–H groups in total. The highest BCUT2D eigenvalue weighted by Gasteiger charge is 2.22. The van der Waals surface area contributed by atoms with Gasteiger partial charge in [0, 0.05) is 13.1 Å². The average molecular weight is 292 g/mol. The van der Waals surface area contributed by atoms with Crippen molar-refractivity contribution in [1.29, 1.82) is 0 Å². The van der Waals surface area contributed by atoms with Gasteiger partial charge in [0.25, 0.3) is 0 Å². The molecule has 0 saturated heterocycles. The zero-order valence-electron chi connectivity index (χ0n) is 10.9. The van der Waals surface area contributed by atoms with Crippen molar-refractivity contribution in [1.82, 2.24) is 9.62 Å². The molecule has 0 fully saturated rings. The van der Waals surface area contributed by atoms with Gasteiger partial charge >= 0.3 is 0 Å². The number of nitrogens with zero attached hydrogens (tertiary/aromatic N) is 1. The van der Waals surface area contributed by atoms with E-state index in [0.29, 0.717) is 23.5 Å². The van der Waals surface area contributed by atoms with Crippen LogP contribution in [0.25, 0.3) is 0 Å². The summed E-state index contributed by atoms with van der Waals surface area (Å²) in [5, 5.41) is 10.9. The van der Waals surface area contributed by atoms with Gasteiger partial charge in [-0.2, -0.15) is 0 Å². The van der Waals surface area contributed by atoms with E-state index in [4.69, 9.17) is 5.11 Å². The number of likely N-dealkylation sites (N-methyl/N-ethyl adjacent to an activating group) is 1. The SMILES string of the molecule is CCN(C)CCNS(=O)(=O)c1c(C)csc1CO. The van der Waals surface area contributed by atoms with Crippen LogP contribution in [0.5, 0.6) is 0 Å². The predicted octanol–water partition coefficient (Wildman–Crippen LogP) is 0.779. The normalized spacial score (nSPS) is 12.3. The zero-order valence-corrected chi connectivity index (χ0v) is 12.6. The lowest BCUT2D eigenvalue weighted by Crippen LogP contribution is -2.33. The minimum Gasteiger partial charge on any atom is -0.391 e. The third-order valence-electron chi connectivity index (χ3n) is 2.73. The van der Waals surface area contributed by atoms with Crippen molar-refractivity contribution in [2.24, 2.45) is 0 Å². The van der Waals surface area contributed by atoms with E-state index >= 15 is 0 Å². The molecule has 0 radical (unpaired) electrons. The summed E-state index contributed by atoms with van der Waals surface area (Å²) in [6.07, 6.45) is 0. The Bertz CT molecular complexity index is 482. The van der Waals surface area contributed by atoms with Crippen LogP contribution >= 0.6 is 11.3 Å². The van der Waals surface area contributed by atoms with E-state index in [9.17, 15) is 8.42 Å². The molecule has 5 nitrogen and oxygen atoms in total. The molecule has 0 aliphatic rings. The molecule has 0 atom stereocenters. The summed E-state index contributed by atoms with van der Waals surface area (Å²) in [4.78, 5) is 2.74. The summed E-state index contributed by atoms with van der Waals surface area (Å²) in [6.45, 7) is 5.41. The van der Waals surface area contributed by atoms with Crippen LogP contribution in [0.4, 0.5) is 0 Å². The Morgan fingerprint density at radius 1 is 1.50 bits per heavy atom. The minimum atomic E-state index is -3.52. The Labute approximate surface area is 112 Å². The highest BCUT2D eigenvalue weighted by molar-refractivity contribution is 7.89. The standard InChI is InChI=1S/C11H20N2O3S2/c1-4-13(3)6-5-12-18(15,16)11-9(2)8-17-10(11)7-14/h8,12,14H,4-7H2,1-3H3. The van der Waals surface area contributed by atoms with Crippen molar-refractivity contribution < 1.29 is 13.5 Å². The van der Waals surface area contributed by atoms with E-state index in [-0.39, 0.29) is 11.5 Å². The van der Waals surface area contributed by atoms with Crippen LogP contribution in [-0.2, 0) is 16.6 Å². The predicted molar refractivity (Wildman–Crippen MR) is 73.3 cm³/mol. The van der Waals surface area contributed by atoms with Crippen molar-refractivity contribution >= 4 is 21.4 Å². The van der Waals surface area contributed by atoms with Gasteiger partial charge in [-0.15, -0.1) is 11.3 Å². The van der Waals surface area contributed by atoms with Crippen LogP contribution in [0.2, 0.25) is 0 Å². The lowest BCUT2D eigenvalue weighted by molar-refractivity contribution is 0.282. The van der Waals surface area contributed by atoms with Crippen LogP contribution < -0.4 is 4.72 Å². The maximum absolute atomic E-state index is 12.1. The number of aryl methyl sites for hydroxylation is 1. The fourth-order valence-corrected chi connectivity index (χ4v) is 4.24. The van der Waals surface area contributed by atoms with Crippen molar-refractivity contribution in [3.05, 3.63) is 15.8 Å². The Morgan fingerprint density at radius 3 is 2.72 bits per heavy atom. The second-order valence-electron chi connectivity index (χ2n) is 4.12. The van der Waals surface area contributed by atoms with Gasteiger partial charge in [0.15, 0.2) is 0 Å². The van der Waals surface area contributed by atoms with E-state index < -0.39 is 10.0 Å². The van der Waals surface area contributed by atoms with Gasteiger partial charge in [0.1, 0.15) is 4.90 Å². The summed E-state index contributed by atoms with van der Waals surface area (Å²) in [5.74, 6) is 0. The van der Waals surface area contributed by atoms with Gasteiger partial charge in [0.05, 0.1) is 11.5 Å². The molecule has 0 aromatic carbocycles. The summed E-state index contributed by atoms with van der Waals surface area (Å²) < 4.78 is 26.8. The average Bonchev–Trinajstić information content (AvgIpc) is 2.70. The number of sulfonamides is 1. The van der Waals surface area contributed by atoms with Crippen LogP contribution in [0.3, 0.4) is 0 Å². The van der Waals surface area contributed by atoms with Gasteiger partial charge in [-0.3, -0.25) is 0 Å². The summed E-state index contributed by atoms with van der Waals surface area (Å²) in [5.41, 5.74) is 0.681. The first-order valence-corrected chi connectivity index (χ1v) is 8.14. The molecule has 0 amide bonds. The third kappa shape index (κ3) is 3.76. The van der Waals surface area contributed by atoms with Crippen molar-refractivity contribution in [3.63, 3.8) is 0 Å². The summed E-state index contributed by atoms with van der Waals surface area (Å²) in [6, 6.07) is 0. The first kappa shape index (κ1) is 15.6. The first-order chi connectivity index (χ1) is 8.42. The fraction of sp³-hybridized carbons (Fsp3) is 0.636. The fourth-order valence-electron chi connectivity index (χ4n) is 1.56. The van der Waals surface area contributed by atoms with Crippen LogP contribution in [-0.4, -0.2) is 45.1 Å². The summed E-state index contributed by atoms with van der Waals surface area (Å²) >= 11 is 1.27. The highest BCUT2D eigenvalue weighted by Crippen LogP contribution is 2.26. The Morgan fingerprint density at radius 2 is 2.17 bits per heavy atom. The molecule has 1 aromatic heterocycles. The number of rotatable bonds is 7. The number of thiophene rings is 1. The van der Waals surface area contributed by atoms with Crippen LogP contribution in [0.1, 0.15) is 17.4 Å². The van der Waals surface area contributed by atoms with Crippen molar-refractivity contribution in [2.45, 2.75) is 25.3 Å². The molecule has 0 aliphatic heterocycles. The second-order valence-corrected chi connectivity index (χ2v) is 6.79. The molecule has 104 valence electrons. The second kappa shape index (κ2) is 6.63. The molecule has 0 aliphatic carbocycles. The quantitative estimate of drug-likeness (QED) is 0.779. The molecule has 0 unspecified atom stereocenters. The number of nitrogens with one attached hydrogen (secondary N) is 1. The maximum atomic E-state index is 12.1. The largest absolute Gasteiger partial charge is 0.391 e. The molecule has 18 heavy (non-hydrogen) atoms. The molecule has 0 saturated carbocycles. The van der Waals surface area contributed by atoms with Crippen molar-refractivity contribution in [3.8, 4) is 0 Å². The van der Waals surface area contributed by atoms with Gasteiger partial charge in [-0.1, -0.05) is 6.92 Å². The van der Waals surface area contributed by atoms with E-state index in [1.165, 1.54) is 11.3 Å². The summed E-state index contributed by atoms with van der Waals surface area (Å²) in [7, 11) is -1.59. The van der Waals surface area contributed by atoms with Gasteiger partial charge in [0.2, 0.25) is 10.0 Å². The first-order valence-electron chi connectivity index (χ1n) is 5.78. The number of hydrogen-bond acceptors (Lipinski definition) is 5. The molecule has 0 spiro atoms. The smallest absolute Gasteiger partial charge is 0.242 e. The van der Waals surface area contributed by atoms with E-state index in [1.807, 2.05) is 18.9 Å². The van der Waals surface area contributed by atoms with Crippen molar-refractivity contribution in [2.75, 3.05) is 26.7 Å². The minimum absolute atomic E-state index is 0.231. The molecule has 1 rings (SSSR count). The molecular weight excluding hydrogens is 272 g/mol. The molecule has 7 heteroatoms. The topological polar surface area (TPSA) is 69.6 Å². The lowest BCUT2D eigenvalue weighted by Gasteiger charge is -2.14. The van der Waals surface area contributed by atoms with Gasteiger partial charge in [-0.25, -0.2) is 13.1 Å². The Kier molecular flexibility index (Phi) is 5.74. The Hall–Kier alpha value is -0.470. The molecular formula is C11H20N2O3S2. The Balaban J connectivity index is 2.77. The number of aliphatic hydroxyl groups is 1.